The highest BCUT2D eigenvalue weighted by molar-refractivity contribution is 8.00. The first kappa shape index (κ1) is 27.0. The predicted octanol–water partition coefficient (Wildman–Crippen LogP) is 5.73. The predicted molar refractivity (Wildman–Crippen MR) is 153 cm³/mol. The van der Waals surface area contributed by atoms with Crippen LogP contribution in [0.2, 0.25) is 0 Å². The summed E-state index contributed by atoms with van der Waals surface area (Å²) in [4.78, 5) is 28.4. The molecule has 1 unspecified atom stereocenters. The lowest BCUT2D eigenvalue weighted by atomic mass is 9.86. The smallest absolute Gasteiger partial charge is 0.240 e. The van der Waals surface area contributed by atoms with Gasteiger partial charge in [-0.05, 0) is 48.6 Å². The Morgan fingerprint density at radius 3 is 2.51 bits per heavy atom. The highest BCUT2D eigenvalue weighted by atomic mass is 32.2. The SMILES string of the molecule is Cc1cccc(-n2nc(C(C)(C)C)c3c2N(CC(=O)NCC(C)C)C(=O)CSC3c2ccccc2C)c1. The van der Waals surface area contributed by atoms with Crippen molar-refractivity contribution in [1.29, 1.82) is 0 Å². The zero-order valence-corrected chi connectivity index (χ0v) is 23.8. The third-order valence-corrected chi connectivity index (χ3v) is 7.76. The van der Waals surface area contributed by atoms with Gasteiger partial charge in [-0.25, -0.2) is 4.68 Å². The standard InChI is InChI=1S/C30H38N4O2S/c1-19(2)16-31-24(35)17-33-25(36)18-37-27(23-14-9-8-12-21(23)4)26-28(30(5,6)7)32-34(29(26)33)22-13-10-11-20(3)15-22/h8-15,19,27H,16-18H2,1-7H3,(H,31,35). The number of anilines is 1. The number of aryl methyl sites for hydroxylation is 2. The van der Waals surface area contributed by atoms with E-state index in [0.717, 1.165) is 22.5 Å². The Bertz CT molecular complexity index is 1310. The molecule has 2 heterocycles. The van der Waals surface area contributed by atoms with Gasteiger partial charge in [-0.3, -0.25) is 14.5 Å². The zero-order valence-electron chi connectivity index (χ0n) is 23.0. The summed E-state index contributed by atoms with van der Waals surface area (Å²) in [6.45, 7) is 15.3. The van der Waals surface area contributed by atoms with Crippen molar-refractivity contribution in [2.75, 3.05) is 23.7 Å². The van der Waals surface area contributed by atoms with E-state index in [4.69, 9.17) is 5.10 Å². The van der Waals surface area contributed by atoms with E-state index < -0.39 is 0 Å². The number of carbonyl (C=O) groups excluding carboxylic acids is 2. The molecule has 2 amide bonds. The minimum absolute atomic E-state index is 0.0410. The summed E-state index contributed by atoms with van der Waals surface area (Å²) < 4.78 is 1.88. The van der Waals surface area contributed by atoms with Gasteiger partial charge >= 0.3 is 0 Å². The summed E-state index contributed by atoms with van der Waals surface area (Å²) in [5.41, 5.74) is 5.99. The summed E-state index contributed by atoms with van der Waals surface area (Å²) >= 11 is 1.62. The molecule has 7 heteroatoms. The Hall–Kier alpha value is -3.06. The monoisotopic (exact) mass is 518 g/mol. The van der Waals surface area contributed by atoms with E-state index in [2.05, 4.69) is 65.1 Å². The lowest BCUT2D eigenvalue weighted by Gasteiger charge is -2.25. The van der Waals surface area contributed by atoms with Gasteiger partial charge in [0.25, 0.3) is 0 Å². The maximum Gasteiger partial charge on any atom is 0.240 e. The summed E-state index contributed by atoms with van der Waals surface area (Å²) in [7, 11) is 0. The van der Waals surface area contributed by atoms with Crippen molar-refractivity contribution in [3.63, 3.8) is 0 Å². The van der Waals surface area contributed by atoms with Gasteiger partial charge in [0.2, 0.25) is 11.8 Å². The number of benzene rings is 2. The summed E-state index contributed by atoms with van der Waals surface area (Å²) in [5, 5.41) is 8.07. The van der Waals surface area contributed by atoms with Crippen LogP contribution < -0.4 is 10.2 Å². The summed E-state index contributed by atoms with van der Waals surface area (Å²) in [6.07, 6.45) is 0. The fourth-order valence-electron chi connectivity index (χ4n) is 4.66. The Balaban J connectivity index is 1.99. The van der Waals surface area contributed by atoms with Crippen molar-refractivity contribution >= 4 is 29.4 Å². The Morgan fingerprint density at radius 2 is 1.86 bits per heavy atom. The van der Waals surface area contributed by atoms with Gasteiger partial charge in [-0.2, -0.15) is 5.10 Å². The van der Waals surface area contributed by atoms with E-state index in [9.17, 15) is 9.59 Å². The summed E-state index contributed by atoms with van der Waals surface area (Å²) in [6, 6.07) is 16.5. The number of rotatable bonds is 6. The number of carbonyl (C=O) groups is 2. The van der Waals surface area contributed by atoms with E-state index in [1.54, 1.807) is 16.7 Å². The fourth-order valence-corrected chi connectivity index (χ4v) is 5.95. The van der Waals surface area contributed by atoms with Gasteiger partial charge in [0.05, 0.1) is 22.4 Å². The molecule has 1 N–H and O–H groups in total. The van der Waals surface area contributed by atoms with Gasteiger partial charge in [-0.15, -0.1) is 11.8 Å². The number of hydrogen-bond donors (Lipinski definition) is 1. The normalized spacial score (nSPS) is 16.1. The largest absolute Gasteiger partial charge is 0.354 e. The second kappa shape index (κ2) is 10.7. The molecule has 2 aromatic carbocycles. The van der Waals surface area contributed by atoms with Crippen molar-refractivity contribution < 1.29 is 9.59 Å². The third-order valence-electron chi connectivity index (χ3n) is 6.53. The van der Waals surface area contributed by atoms with Crippen LogP contribution in [0.1, 0.15) is 67.8 Å². The molecule has 0 saturated heterocycles. The van der Waals surface area contributed by atoms with Crippen molar-refractivity contribution in [2.24, 2.45) is 5.92 Å². The van der Waals surface area contributed by atoms with Crippen molar-refractivity contribution in [2.45, 2.75) is 59.1 Å². The van der Waals surface area contributed by atoms with Crippen LogP contribution in [0.3, 0.4) is 0 Å². The minimum atomic E-state index is -0.278. The molecule has 0 aliphatic carbocycles. The second-order valence-corrected chi connectivity index (χ2v) is 12.4. The highest BCUT2D eigenvalue weighted by Crippen LogP contribution is 2.49. The van der Waals surface area contributed by atoms with Gasteiger partial charge in [0.15, 0.2) is 0 Å². The molecule has 1 aliphatic rings. The number of amides is 2. The molecule has 3 aromatic rings. The molecule has 0 radical (unpaired) electrons. The van der Waals surface area contributed by atoms with Crippen LogP contribution in [-0.4, -0.2) is 40.4 Å². The van der Waals surface area contributed by atoms with Crippen molar-refractivity contribution in [3.05, 3.63) is 76.5 Å². The van der Waals surface area contributed by atoms with Crippen LogP contribution in [0.4, 0.5) is 5.82 Å². The number of nitrogens with zero attached hydrogens (tertiary/aromatic N) is 3. The van der Waals surface area contributed by atoms with E-state index >= 15 is 0 Å². The van der Waals surface area contributed by atoms with Gasteiger partial charge in [0.1, 0.15) is 12.4 Å². The molecule has 4 rings (SSSR count). The summed E-state index contributed by atoms with van der Waals surface area (Å²) in [5.74, 6) is 1.05. The molecule has 6 nitrogen and oxygen atoms in total. The van der Waals surface area contributed by atoms with Gasteiger partial charge < -0.3 is 5.32 Å². The molecule has 196 valence electrons. The van der Waals surface area contributed by atoms with Crippen molar-refractivity contribution in [3.8, 4) is 5.69 Å². The fraction of sp³-hybridized carbons (Fsp3) is 0.433. The Kier molecular flexibility index (Phi) is 7.83. The van der Waals surface area contributed by atoms with Crippen LogP contribution in [0.15, 0.2) is 48.5 Å². The Labute approximate surface area is 224 Å². The molecular formula is C30H38N4O2S. The van der Waals surface area contributed by atoms with Crippen LogP contribution in [0, 0.1) is 19.8 Å². The molecule has 0 bridgehead atoms. The first-order valence-electron chi connectivity index (χ1n) is 12.9. The van der Waals surface area contributed by atoms with E-state index in [1.165, 1.54) is 11.1 Å². The van der Waals surface area contributed by atoms with Gasteiger partial charge in [0, 0.05) is 17.5 Å². The zero-order chi connectivity index (χ0) is 26.9. The molecule has 1 aliphatic heterocycles. The molecular weight excluding hydrogens is 480 g/mol. The van der Waals surface area contributed by atoms with Crippen LogP contribution in [0.5, 0.6) is 0 Å². The van der Waals surface area contributed by atoms with Crippen LogP contribution in [-0.2, 0) is 15.0 Å². The second-order valence-electron chi connectivity index (χ2n) is 11.3. The van der Waals surface area contributed by atoms with Crippen LogP contribution >= 0.6 is 11.8 Å². The third kappa shape index (κ3) is 5.77. The highest BCUT2D eigenvalue weighted by Gasteiger charge is 2.40. The van der Waals surface area contributed by atoms with Crippen molar-refractivity contribution in [1.82, 2.24) is 15.1 Å². The van der Waals surface area contributed by atoms with Crippen LogP contribution in [0.25, 0.3) is 5.69 Å². The minimum Gasteiger partial charge on any atom is -0.354 e. The first-order valence-corrected chi connectivity index (χ1v) is 14.0. The van der Waals surface area contributed by atoms with E-state index in [0.29, 0.717) is 18.3 Å². The number of nitrogens with one attached hydrogen (secondary N) is 1. The molecule has 37 heavy (non-hydrogen) atoms. The number of thioether (sulfide) groups is 1. The molecule has 0 spiro atoms. The maximum absolute atomic E-state index is 13.7. The molecule has 0 saturated carbocycles. The first-order chi connectivity index (χ1) is 17.5. The molecule has 1 atom stereocenters. The Morgan fingerprint density at radius 1 is 1.14 bits per heavy atom. The number of hydrogen-bond acceptors (Lipinski definition) is 4. The van der Waals surface area contributed by atoms with E-state index in [-0.39, 0.29) is 34.8 Å². The lowest BCUT2D eigenvalue weighted by molar-refractivity contribution is -0.123. The van der Waals surface area contributed by atoms with E-state index in [1.807, 2.05) is 41.9 Å². The number of fused-ring (bicyclic) bond motifs is 1. The number of aromatic nitrogens is 2. The quantitative estimate of drug-likeness (QED) is 0.453. The lowest BCUT2D eigenvalue weighted by Crippen LogP contribution is -2.43. The average Bonchev–Trinajstić information content (AvgIpc) is 3.17. The molecule has 1 aromatic heterocycles. The topological polar surface area (TPSA) is 67.2 Å². The van der Waals surface area contributed by atoms with Gasteiger partial charge in [-0.1, -0.05) is 71.0 Å². The maximum atomic E-state index is 13.7. The molecule has 0 fully saturated rings. The average molecular weight is 519 g/mol.